The first-order valence-corrected chi connectivity index (χ1v) is 7.61. The van der Waals surface area contributed by atoms with Crippen LogP contribution in [0.25, 0.3) is 0 Å². The molecule has 3 N–H and O–H groups in total. The number of carbonyl (C=O) groups excluding carboxylic acids is 2. The molecule has 1 aromatic rings. The van der Waals surface area contributed by atoms with Gasteiger partial charge in [-0.05, 0) is 31.0 Å². The van der Waals surface area contributed by atoms with Crippen LogP contribution in [-0.4, -0.2) is 49.6 Å². The third kappa shape index (κ3) is 3.90. The number of carbonyl (C=O) groups is 2. The number of nitrogens with two attached hydrogens (primary N) is 1. The number of primary amides is 1. The zero-order valence-corrected chi connectivity index (χ0v) is 13.3. The van der Waals surface area contributed by atoms with Crippen molar-refractivity contribution in [1.29, 1.82) is 0 Å². The first-order valence-electron chi connectivity index (χ1n) is 7.61. The minimum Gasteiger partial charge on any atom is -0.368 e. The van der Waals surface area contributed by atoms with Gasteiger partial charge in [0.25, 0.3) is 0 Å². The van der Waals surface area contributed by atoms with Gasteiger partial charge in [0, 0.05) is 44.8 Å². The molecule has 3 amide bonds. The number of anilines is 1. The molecule has 22 heavy (non-hydrogen) atoms. The summed E-state index contributed by atoms with van der Waals surface area (Å²) in [7, 11) is 0. The molecule has 1 aromatic carbocycles. The highest BCUT2D eigenvalue weighted by atomic mass is 16.2. The van der Waals surface area contributed by atoms with Crippen LogP contribution in [0.4, 0.5) is 10.5 Å². The van der Waals surface area contributed by atoms with Crippen LogP contribution in [0.2, 0.25) is 0 Å². The fourth-order valence-electron chi connectivity index (χ4n) is 2.73. The minimum atomic E-state index is -0.590. The van der Waals surface area contributed by atoms with Crippen LogP contribution in [0.1, 0.15) is 17.5 Å². The molecule has 0 aromatic heterocycles. The van der Waals surface area contributed by atoms with E-state index in [1.54, 1.807) is 0 Å². The predicted octanol–water partition coefficient (Wildman–Crippen LogP) is 1.01. The van der Waals surface area contributed by atoms with Crippen LogP contribution in [0.5, 0.6) is 0 Å². The molecule has 0 radical (unpaired) electrons. The fraction of sp³-hybridized carbons (Fsp3) is 0.500. The van der Waals surface area contributed by atoms with Crippen molar-refractivity contribution in [3.05, 3.63) is 29.3 Å². The van der Waals surface area contributed by atoms with Gasteiger partial charge in [-0.1, -0.05) is 12.1 Å². The van der Waals surface area contributed by atoms with Gasteiger partial charge in [-0.15, -0.1) is 0 Å². The highest BCUT2D eigenvalue weighted by molar-refractivity contribution is 5.78. The molecule has 0 unspecified atom stereocenters. The maximum absolute atomic E-state index is 12.1. The van der Waals surface area contributed by atoms with Gasteiger partial charge < -0.3 is 20.9 Å². The summed E-state index contributed by atoms with van der Waals surface area (Å²) in [5, 5.41) is 2.44. The molecule has 1 saturated heterocycles. The molecule has 0 saturated carbocycles. The molecule has 0 bridgehead atoms. The molecular formula is C16H24N4O2. The van der Waals surface area contributed by atoms with Crippen molar-refractivity contribution in [1.82, 2.24) is 10.2 Å². The fourth-order valence-corrected chi connectivity index (χ4v) is 2.73. The monoisotopic (exact) mass is 304 g/mol. The number of hydrogen-bond donors (Lipinski definition) is 2. The average Bonchev–Trinajstić information content (AvgIpc) is 2.50. The Morgan fingerprint density at radius 2 is 1.86 bits per heavy atom. The van der Waals surface area contributed by atoms with E-state index >= 15 is 0 Å². The van der Waals surface area contributed by atoms with Crippen LogP contribution in [0, 0.1) is 13.8 Å². The highest BCUT2D eigenvalue weighted by Gasteiger charge is 2.21. The Morgan fingerprint density at radius 1 is 1.18 bits per heavy atom. The SMILES string of the molecule is Cc1cccc(N2CCN(C(=O)CCNC(N)=O)CC2)c1C. The van der Waals surface area contributed by atoms with Gasteiger partial charge in [-0.3, -0.25) is 4.79 Å². The van der Waals surface area contributed by atoms with Gasteiger partial charge in [-0.25, -0.2) is 4.79 Å². The van der Waals surface area contributed by atoms with Crippen LogP contribution in [0.15, 0.2) is 18.2 Å². The van der Waals surface area contributed by atoms with Crippen molar-refractivity contribution in [2.75, 3.05) is 37.6 Å². The summed E-state index contributed by atoms with van der Waals surface area (Å²) in [6.07, 6.45) is 0.298. The first-order chi connectivity index (χ1) is 10.5. The molecule has 0 spiro atoms. The number of amides is 3. The van der Waals surface area contributed by atoms with Gasteiger partial charge in [0.05, 0.1) is 0 Å². The zero-order valence-electron chi connectivity index (χ0n) is 13.3. The molecule has 2 rings (SSSR count). The van der Waals surface area contributed by atoms with E-state index in [0.29, 0.717) is 26.1 Å². The van der Waals surface area contributed by atoms with Crippen molar-refractivity contribution in [2.24, 2.45) is 5.73 Å². The van der Waals surface area contributed by atoms with Crippen molar-refractivity contribution in [3.63, 3.8) is 0 Å². The van der Waals surface area contributed by atoms with Gasteiger partial charge in [0.15, 0.2) is 0 Å². The lowest BCUT2D eigenvalue weighted by Crippen LogP contribution is -2.49. The Morgan fingerprint density at radius 3 is 2.50 bits per heavy atom. The molecule has 0 atom stereocenters. The molecule has 1 fully saturated rings. The number of nitrogens with zero attached hydrogens (tertiary/aromatic N) is 2. The van der Waals surface area contributed by atoms with Crippen molar-refractivity contribution in [3.8, 4) is 0 Å². The van der Waals surface area contributed by atoms with E-state index in [-0.39, 0.29) is 5.91 Å². The quantitative estimate of drug-likeness (QED) is 0.871. The molecule has 1 heterocycles. The summed E-state index contributed by atoms with van der Waals surface area (Å²) in [6.45, 7) is 7.64. The summed E-state index contributed by atoms with van der Waals surface area (Å²) >= 11 is 0. The van der Waals surface area contributed by atoms with E-state index in [2.05, 4.69) is 42.3 Å². The van der Waals surface area contributed by atoms with E-state index in [1.165, 1.54) is 16.8 Å². The lowest BCUT2D eigenvalue weighted by Gasteiger charge is -2.37. The summed E-state index contributed by atoms with van der Waals surface area (Å²) in [5.74, 6) is 0.0642. The standard InChI is InChI=1S/C16H24N4O2/c1-12-4-3-5-14(13(12)2)19-8-10-20(11-9-19)15(21)6-7-18-16(17)22/h3-5H,6-11H2,1-2H3,(H3,17,18,22). The smallest absolute Gasteiger partial charge is 0.312 e. The maximum Gasteiger partial charge on any atom is 0.312 e. The lowest BCUT2D eigenvalue weighted by atomic mass is 10.1. The van der Waals surface area contributed by atoms with E-state index < -0.39 is 6.03 Å². The summed E-state index contributed by atoms with van der Waals surface area (Å²) in [6, 6.07) is 5.73. The van der Waals surface area contributed by atoms with E-state index in [4.69, 9.17) is 5.73 Å². The summed E-state index contributed by atoms with van der Waals surface area (Å²) < 4.78 is 0. The van der Waals surface area contributed by atoms with E-state index in [9.17, 15) is 9.59 Å². The van der Waals surface area contributed by atoms with Crippen molar-refractivity contribution >= 4 is 17.6 Å². The molecule has 1 aliphatic rings. The zero-order chi connectivity index (χ0) is 16.1. The second-order valence-corrected chi connectivity index (χ2v) is 5.63. The second kappa shape index (κ2) is 7.15. The third-order valence-electron chi connectivity index (χ3n) is 4.19. The number of hydrogen-bond acceptors (Lipinski definition) is 3. The minimum absolute atomic E-state index is 0.0642. The molecule has 6 heteroatoms. The van der Waals surface area contributed by atoms with Crippen molar-refractivity contribution in [2.45, 2.75) is 20.3 Å². The number of rotatable bonds is 4. The third-order valence-corrected chi connectivity index (χ3v) is 4.19. The number of urea groups is 1. The summed E-state index contributed by atoms with van der Waals surface area (Å²) in [4.78, 5) is 26.8. The van der Waals surface area contributed by atoms with Gasteiger partial charge in [0.2, 0.25) is 5.91 Å². The van der Waals surface area contributed by atoms with Crippen molar-refractivity contribution < 1.29 is 9.59 Å². The number of piperazine rings is 1. The predicted molar refractivity (Wildman–Crippen MR) is 86.9 cm³/mol. The Kier molecular flexibility index (Phi) is 5.25. The topological polar surface area (TPSA) is 78.7 Å². The Balaban J connectivity index is 1.86. The number of nitrogens with one attached hydrogen (secondary N) is 1. The van der Waals surface area contributed by atoms with Gasteiger partial charge in [0.1, 0.15) is 0 Å². The number of aryl methyl sites for hydroxylation is 1. The Labute approximate surface area is 131 Å². The second-order valence-electron chi connectivity index (χ2n) is 5.63. The molecular weight excluding hydrogens is 280 g/mol. The molecule has 1 aliphatic heterocycles. The van der Waals surface area contributed by atoms with Gasteiger partial charge >= 0.3 is 6.03 Å². The largest absolute Gasteiger partial charge is 0.368 e. The molecule has 0 aliphatic carbocycles. The van der Waals surface area contributed by atoms with Crippen LogP contribution < -0.4 is 16.0 Å². The summed E-state index contributed by atoms with van der Waals surface area (Å²) in [5.41, 5.74) is 8.82. The van der Waals surface area contributed by atoms with Gasteiger partial charge in [-0.2, -0.15) is 0 Å². The number of benzene rings is 1. The normalized spacial score (nSPS) is 14.8. The average molecular weight is 304 g/mol. The maximum atomic E-state index is 12.1. The molecule has 120 valence electrons. The highest BCUT2D eigenvalue weighted by Crippen LogP contribution is 2.23. The Hall–Kier alpha value is -2.24. The lowest BCUT2D eigenvalue weighted by molar-refractivity contribution is -0.131. The first kappa shape index (κ1) is 16.1. The van der Waals surface area contributed by atoms with E-state index in [0.717, 1.165) is 13.1 Å². The van der Waals surface area contributed by atoms with Crippen LogP contribution in [0.3, 0.4) is 0 Å². The Bertz CT molecular complexity index is 551. The van der Waals surface area contributed by atoms with Crippen LogP contribution >= 0.6 is 0 Å². The van der Waals surface area contributed by atoms with Crippen LogP contribution in [-0.2, 0) is 4.79 Å². The molecule has 6 nitrogen and oxygen atoms in total. The van der Waals surface area contributed by atoms with E-state index in [1.807, 2.05) is 4.90 Å².